The van der Waals surface area contributed by atoms with E-state index in [9.17, 15) is 9.59 Å². The molecule has 0 spiro atoms. The van der Waals surface area contributed by atoms with E-state index < -0.39 is 0 Å². The molecule has 0 bridgehead atoms. The lowest BCUT2D eigenvalue weighted by atomic mass is 10.1. The fraction of sp³-hybridized carbons (Fsp3) is 0.333. The lowest BCUT2D eigenvalue weighted by Gasteiger charge is -2.14. The van der Waals surface area contributed by atoms with Gasteiger partial charge in [-0.1, -0.05) is 55.4 Å². The van der Waals surface area contributed by atoms with E-state index in [1.54, 1.807) is 22.9 Å². The number of nitrogens with zero attached hydrogens (tertiary/aromatic N) is 3. The zero-order valence-electron chi connectivity index (χ0n) is 16.3. The third kappa shape index (κ3) is 4.98. The predicted octanol–water partition coefficient (Wildman–Crippen LogP) is 3.16. The van der Waals surface area contributed by atoms with Gasteiger partial charge in [0.05, 0.1) is 11.1 Å². The molecule has 0 aliphatic carbocycles. The van der Waals surface area contributed by atoms with Gasteiger partial charge >= 0.3 is 0 Å². The van der Waals surface area contributed by atoms with Gasteiger partial charge in [-0.25, -0.2) is 9.97 Å². The average Bonchev–Trinajstić information content (AvgIpc) is 2.68. The summed E-state index contributed by atoms with van der Waals surface area (Å²) in [6, 6.07) is 11.5. The monoisotopic (exact) mass is 396 g/mol. The summed E-state index contributed by atoms with van der Waals surface area (Å²) in [5, 5.41) is 3.93. The van der Waals surface area contributed by atoms with Gasteiger partial charge in [-0.05, 0) is 30.5 Å². The summed E-state index contributed by atoms with van der Waals surface area (Å²) >= 11 is 1.26. The number of rotatable bonds is 7. The van der Waals surface area contributed by atoms with Crippen molar-refractivity contribution in [3.63, 3.8) is 0 Å². The molecule has 6 nitrogen and oxygen atoms in total. The Morgan fingerprint density at radius 3 is 2.68 bits per heavy atom. The lowest BCUT2D eigenvalue weighted by Crippen LogP contribution is -2.28. The van der Waals surface area contributed by atoms with Crippen LogP contribution in [0.3, 0.4) is 0 Å². The van der Waals surface area contributed by atoms with E-state index in [2.05, 4.69) is 15.3 Å². The van der Waals surface area contributed by atoms with Crippen molar-refractivity contribution in [1.82, 2.24) is 19.9 Å². The molecule has 0 saturated heterocycles. The van der Waals surface area contributed by atoms with E-state index in [-0.39, 0.29) is 23.1 Å². The first-order chi connectivity index (χ1) is 13.4. The van der Waals surface area contributed by atoms with Crippen molar-refractivity contribution < 1.29 is 4.79 Å². The summed E-state index contributed by atoms with van der Waals surface area (Å²) in [6.07, 6.45) is 1.62. The SMILES string of the molecule is Cc1ccc(CNC(=O)CSc2nc3ncccc3c(=O)n2CC(C)C)cc1. The summed E-state index contributed by atoms with van der Waals surface area (Å²) in [5.74, 6) is 0.370. The van der Waals surface area contributed by atoms with Gasteiger partial charge in [0, 0.05) is 19.3 Å². The van der Waals surface area contributed by atoms with Crippen molar-refractivity contribution >= 4 is 28.7 Å². The molecule has 146 valence electrons. The van der Waals surface area contributed by atoms with Gasteiger partial charge in [0.1, 0.15) is 0 Å². The maximum atomic E-state index is 12.8. The van der Waals surface area contributed by atoms with Crippen LogP contribution in [0.1, 0.15) is 25.0 Å². The Morgan fingerprint density at radius 1 is 1.21 bits per heavy atom. The number of aryl methyl sites for hydroxylation is 1. The molecule has 3 rings (SSSR count). The normalized spacial score (nSPS) is 11.1. The van der Waals surface area contributed by atoms with Gasteiger partial charge in [0.25, 0.3) is 5.56 Å². The lowest BCUT2D eigenvalue weighted by molar-refractivity contribution is -0.118. The van der Waals surface area contributed by atoms with Crippen LogP contribution >= 0.6 is 11.8 Å². The van der Waals surface area contributed by atoms with Gasteiger partial charge in [-0.2, -0.15) is 0 Å². The standard InChI is InChI=1S/C21H24N4O2S/c1-14(2)12-25-20(27)17-5-4-10-22-19(17)24-21(25)28-13-18(26)23-11-16-8-6-15(3)7-9-16/h4-10,14H,11-13H2,1-3H3,(H,23,26). The van der Waals surface area contributed by atoms with Crippen molar-refractivity contribution in [3.05, 3.63) is 64.1 Å². The second-order valence-corrected chi connectivity index (χ2v) is 8.07. The van der Waals surface area contributed by atoms with Gasteiger partial charge in [0.2, 0.25) is 5.91 Å². The Hall–Kier alpha value is -2.67. The van der Waals surface area contributed by atoms with Gasteiger partial charge < -0.3 is 5.32 Å². The molecule has 0 unspecified atom stereocenters. The van der Waals surface area contributed by atoms with Crippen LogP contribution in [0.2, 0.25) is 0 Å². The zero-order chi connectivity index (χ0) is 20.1. The molecule has 28 heavy (non-hydrogen) atoms. The van der Waals surface area contributed by atoms with Crippen molar-refractivity contribution in [2.75, 3.05) is 5.75 Å². The van der Waals surface area contributed by atoms with Crippen LogP contribution in [-0.4, -0.2) is 26.2 Å². The third-order valence-corrected chi connectivity index (χ3v) is 5.16. The highest BCUT2D eigenvalue weighted by molar-refractivity contribution is 7.99. The second kappa shape index (κ2) is 9.01. The van der Waals surface area contributed by atoms with Crippen LogP contribution in [0.5, 0.6) is 0 Å². The first kappa shape index (κ1) is 20.1. The summed E-state index contributed by atoms with van der Waals surface area (Å²) in [7, 11) is 0. The fourth-order valence-corrected chi connectivity index (χ4v) is 3.59. The Bertz CT molecular complexity index is 1030. The molecule has 7 heteroatoms. The number of aromatic nitrogens is 3. The molecule has 1 N–H and O–H groups in total. The van der Waals surface area contributed by atoms with Crippen LogP contribution in [0.15, 0.2) is 52.5 Å². The maximum Gasteiger partial charge on any atom is 0.263 e. The Morgan fingerprint density at radius 2 is 1.96 bits per heavy atom. The van der Waals surface area contributed by atoms with E-state index in [0.717, 1.165) is 5.56 Å². The Labute approximate surface area is 168 Å². The Kier molecular flexibility index (Phi) is 6.46. The zero-order valence-corrected chi connectivity index (χ0v) is 17.1. The number of fused-ring (bicyclic) bond motifs is 1. The smallest absolute Gasteiger partial charge is 0.263 e. The molecule has 0 saturated carbocycles. The molecule has 0 aliphatic heterocycles. The average molecular weight is 397 g/mol. The first-order valence-electron chi connectivity index (χ1n) is 9.24. The van der Waals surface area contributed by atoms with Crippen LogP contribution in [0.4, 0.5) is 0 Å². The highest BCUT2D eigenvalue weighted by Crippen LogP contribution is 2.18. The number of hydrogen-bond donors (Lipinski definition) is 1. The number of nitrogens with one attached hydrogen (secondary N) is 1. The first-order valence-corrected chi connectivity index (χ1v) is 10.2. The van der Waals surface area contributed by atoms with E-state index in [4.69, 9.17) is 0 Å². The minimum Gasteiger partial charge on any atom is -0.351 e. The van der Waals surface area contributed by atoms with Gasteiger partial charge in [-0.15, -0.1) is 0 Å². The van der Waals surface area contributed by atoms with E-state index in [0.29, 0.717) is 29.3 Å². The summed E-state index contributed by atoms with van der Waals surface area (Å²) < 4.78 is 1.65. The van der Waals surface area contributed by atoms with Crippen molar-refractivity contribution in [2.45, 2.75) is 39.0 Å². The number of hydrogen-bond acceptors (Lipinski definition) is 5. The molecule has 2 aromatic heterocycles. The van der Waals surface area contributed by atoms with E-state index >= 15 is 0 Å². The molecule has 0 atom stereocenters. The van der Waals surface area contributed by atoms with Gasteiger partial charge in [-0.3, -0.25) is 14.2 Å². The summed E-state index contributed by atoms with van der Waals surface area (Å²) in [6.45, 7) is 7.14. The highest BCUT2D eigenvalue weighted by atomic mass is 32.2. The number of amides is 1. The summed E-state index contributed by atoms with van der Waals surface area (Å²) in [4.78, 5) is 33.8. The van der Waals surface area contributed by atoms with Crippen LogP contribution < -0.4 is 10.9 Å². The minimum absolute atomic E-state index is 0.1000. The van der Waals surface area contributed by atoms with Crippen molar-refractivity contribution in [2.24, 2.45) is 5.92 Å². The quantitative estimate of drug-likeness (QED) is 0.490. The molecule has 1 amide bonds. The van der Waals surface area contributed by atoms with Crippen molar-refractivity contribution in [3.8, 4) is 0 Å². The maximum absolute atomic E-state index is 12.8. The molecule has 1 aromatic carbocycles. The largest absolute Gasteiger partial charge is 0.351 e. The number of benzene rings is 1. The molecule has 0 fully saturated rings. The molecule has 0 radical (unpaired) electrons. The van der Waals surface area contributed by atoms with E-state index in [1.165, 1.54) is 17.3 Å². The van der Waals surface area contributed by atoms with Gasteiger partial charge in [0.15, 0.2) is 10.8 Å². The van der Waals surface area contributed by atoms with Crippen LogP contribution in [-0.2, 0) is 17.9 Å². The predicted molar refractivity (Wildman–Crippen MR) is 112 cm³/mol. The number of thioether (sulfide) groups is 1. The van der Waals surface area contributed by atoms with Crippen LogP contribution in [0.25, 0.3) is 11.0 Å². The molecular weight excluding hydrogens is 372 g/mol. The number of carbonyl (C=O) groups is 1. The van der Waals surface area contributed by atoms with Crippen molar-refractivity contribution in [1.29, 1.82) is 0 Å². The van der Waals surface area contributed by atoms with E-state index in [1.807, 2.05) is 45.0 Å². The fourth-order valence-electron chi connectivity index (χ4n) is 2.76. The molecule has 2 heterocycles. The minimum atomic E-state index is -0.116. The Balaban J connectivity index is 1.72. The number of pyridine rings is 1. The summed E-state index contributed by atoms with van der Waals surface area (Å²) in [5.41, 5.74) is 2.53. The highest BCUT2D eigenvalue weighted by Gasteiger charge is 2.14. The molecule has 3 aromatic rings. The molecule has 0 aliphatic rings. The van der Waals surface area contributed by atoms with Crippen LogP contribution in [0, 0.1) is 12.8 Å². The second-order valence-electron chi connectivity index (χ2n) is 7.13. The topological polar surface area (TPSA) is 76.9 Å². The molecular formula is C21H24N4O2S. The number of carbonyl (C=O) groups excluding carboxylic acids is 1. The third-order valence-electron chi connectivity index (χ3n) is 4.19.